The summed E-state index contributed by atoms with van der Waals surface area (Å²) in [5.74, 6) is 0. The summed E-state index contributed by atoms with van der Waals surface area (Å²) in [6, 6.07) is 0. The maximum atomic E-state index is 10.0. The zero-order valence-corrected chi connectivity index (χ0v) is 5.71. The Bertz CT molecular complexity index is 125. The second-order valence-corrected chi connectivity index (χ2v) is 1.99. The molecule has 8 heavy (non-hydrogen) atoms. The lowest BCUT2D eigenvalue weighted by Gasteiger charge is -1.78. The first-order valence-electron chi connectivity index (χ1n) is 1.83. The van der Waals surface area contributed by atoms with E-state index in [2.05, 4.69) is 24.8 Å². The van der Waals surface area contributed by atoms with E-state index < -0.39 is 0 Å². The van der Waals surface area contributed by atoms with Crippen LogP contribution in [0.4, 0.5) is 0 Å². The molecule has 0 saturated carbocycles. The minimum atomic E-state index is -0.349. The molecule has 0 aromatic heterocycles. The van der Waals surface area contributed by atoms with Gasteiger partial charge in [0.15, 0.2) is 0 Å². The number of thiocarbonyl (C=S) groups is 1. The van der Waals surface area contributed by atoms with Crippen LogP contribution in [0.2, 0.25) is 0 Å². The Morgan fingerprint density at radius 2 is 2.12 bits per heavy atom. The van der Waals surface area contributed by atoms with Gasteiger partial charge in [0.1, 0.15) is 0 Å². The van der Waals surface area contributed by atoms with E-state index in [0.717, 1.165) is 0 Å². The standard InChI is InChI=1S/C4H5NOS2/c5-3(7)1-2-4(6)8/h1-2H,(H2,5,7)(H,6,8). The van der Waals surface area contributed by atoms with Crippen molar-refractivity contribution in [3.05, 3.63) is 12.2 Å². The molecule has 44 valence electrons. The van der Waals surface area contributed by atoms with Gasteiger partial charge in [0.25, 0.3) is 0 Å². The van der Waals surface area contributed by atoms with Crippen LogP contribution in [0.1, 0.15) is 0 Å². The number of carbonyl (C=O) groups excluding carboxylic acids is 1. The minimum Gasteiger partial charge on any atom is -0.390 e. The second kappa shape index (κ2) is 3.63. The predicted molar refractivity (Wildman–Crippen MR) is 39.9 cm³/mol. The molecule has 0 fully saturated rings. The Balaban J connectivity index is 3.67. The fourth-order valence-corrected chi connectivity index (χ4v) is 0.296. The lowest BCUT2D eigenvalue weighted by molar-refractivity contribution is -0.106. The number of hydrogen-bond acceptors (Lipinski definition) is 2. The summed E-state index contributed by atoms with van der Waals surface area (Å²) in [7, 11) is 0. The fraction of sp³-hybridized carbons (Fsp3) is 0. The highest BCUT2D eigenvalue weighted by molar-refractivity contribution is 7.97. The molecule has 0 bridgehead atoms. The quantitative estimate of drug-likeness (QED) is 0.335. The van der Waals surface area contributed by atoms with Crippen LogP contribution in [0.25, 0.3) is 0 Å². The third-order valence-corrected chi connectivity index (χ3v) is 0.675. The zero-order valence-electron chi connectivity index (χ0n) is 4.00. The largest absolute Gasteiger partial charge is 0.390 e. The average Bonchev–Trinajstić information content (AvgIpc) is 1.61. The van der Waals surface area contributed by atoms with Crippen LogP contribution in [-0.2, 0) is 4.79 Å². The summed E-state index contributed by atoms with van der Waals surface area (Å²) >= 11 is 7.85. The summed E-state index contributed by atoms with van der Waals surface area (Å²) in [5.41, 5.74) is 5.00. The number of rotatable bonds is 2. The lowest BCUT2D eigenvalue weighted by atomic mass is 10.5. The highest BCUT2D eigenvalue weighted by atomic mass is 32.1. The topological polar surface area (TPSA) is 43.1 Å². The van der Waals surface area contributed by atoms with Crippen LogP contribution < -0.4 is 5.73 Å². The molecule has 0 atom stereocenters. The smallest absolute Gasteiger partial charge is 0.209 e. The third-order valence-electron chi connectivity index (χ3n) is 0.390. The molecule has 4 heteroatoms. The van der Waals surface area contributed by atoms with E-state index in [1.165, 1.54) is 12.2 Å². The number of hydrogen-bond donors (Lipinski definition) is 2. The van der Waals surface area contributed by atoms with Crippen molar-refractivity contribution < 1.29 is 4.79 Å². The molecule has 0 aliphatic heterocycles. The molecule has 0 spiro atoms. The summed E-state index contributed by atoms with van der Waals surface area (Å²) in [4.78, 5) is 10.2. The first kappa shape index (κ1) is 7.65. The maximum absolute atomic E-state index is 10.0. The molecule has 2 N–H and O–H groups in total. The van der Waals surface area contributed by atoms with E-state index in [9.17, 15) is 4.79 Å². The molecule has 0 aliphatic carbocycles. The van der Waals surface area contributed by atoms with Crippen LogP contribution in [0, 0.1) is 0 Å². The highest BCUT2D eigenvalue weighted by Gasteiger charge is 1.81. The van der Waals surface area contributed by atoms with Crippen molar-refractivity contribution in [2.45, 2.75) is 0 Å². The molecule has 0 aliphatic rings. The maximum Gasteiger partial charge on any atom is 0.209 e. The van der Waals surface area contributed by atoms with Gasteiger partial charge < -0.3 is 5.73 Å². The number of thiol groups is 1. The first-order chi connectivity index (χ1) is 3.63. The van der Waals surface area contributed by atoms with E-state index in [-0.39, 0.29) is 10.1 Å². The van der Waals surface area contributed by atoms with Crippen molar-refractivity contribution in [1.82, 2.24) is 0 Å². The van der Waals surface area contributed by atoms with Gasteiger partial charge >= 0.3 is 0 Å². The van der Waals surface area contributed by atoms with Gasteiger partial charge in [-0.15, -0.1) is 12.6 Å². The number of nitrogens with two attached hydrogens (primary N) is 1. The van der Waals surface area contributed by atoms with Crippen molar-refractivity contribution >= 4 is 35.0 Å². The van der Waals surface area contributed by atoms with Gasteiger partial charge in [-0.05, 0) is 12.2 Å². The van der Waals surface area contributed by atoms with Gasteiger partial charge in [-0.2, -0.15) is 0 Å². The monoisotopic (exact) mass is 147 g/mol. The summed E-state index contributed by atoms with van der Waals surface area (Å²) in [5, 5.41) is -0.349. The van der Waals surface area contributed by atoms with Gasteiger partial charge in [0, 0.05) is 0 Å². The summed E-state index contributed by atoms with van der Waals surface area (Å²) in [6.45, 7) is 0. The molecular weight excluding hydrogens is 142 g/mol. The highest BCUT2D eigenvalue weighted by Crippen LogP contribution is 1.80. The van der Waals surface area contributed by atoms with Crippen molar-refractivity contribution in [2.75, 3.05) is 0 Å². The van der Waals surface area contributed by atoms with Gasteiger partial charge in [0.05, 0.1) is 4.99 Å². The Kier molecular flexibility index (Phi) is 3.47. The van der Waals surface area contributed by atoms with Gasteiger partial charge in [-0.3, -0.25) is 4.79 Å². The molecule has 0 aromatic rings. The Morgan fingerprint density at radius 3 is 2.25 bits per heavy atom. The molecule has 0 amide bonds. The van der Waals surface area contributed by atoms with Gasteiger partial charge in [0.2, 0.25) is 5.12 Å². The van der Waals surface area contributed by atoms with Crippen molar-refractivity contribution in [3.63, 3.8) is 0 Å². The molecular formula is C4H5NOS2. The van der Waals surface area contributed by atoms with E-state index in [1.807, 2.05) is 0 Å². The zero-order chi connectivity index (χ0) is 6.57. The van der Waals surface area contributed by atoms with E-state index in [0.29, 0.717) is 0 Å². The first-order valence-corrected chi connectivity index (χ1v) is 2.69. The lowest BCUT2D eigenvalue weighted by Crippen LogP contribution is -2.02. The van der Waals surface area contributed by atoms with Crippen LogP contribution >= 0.6 is 24.8 Å². The molecule has 0 saturated heterocycles. The molecule has 0 rings (SSSR count). The molecule has 0 unspecified atom stereocenters. The van der Waals surface area contributed by atoms with Crippen molar-refractivity contribution in [3.8, 4) is 0 Å². The van der Waals surface area contributed by atoms with E-state index in [4.69, 9.17) is 5.73 Å². The molecule has 0 radical (unpaired) electrons. The normalized spacial score (nSPS) is 9.62. The predicted octanol–water partition coefficient (Wildman–Crippen LogP) is 0.285. The summed E-state index contributed by atoms with van der Waals surface area (Å²) in [6.07, 6.45) is 2.52. The summed E-state index contributed by atoms with van der Waals surface area (Å²) < 4.78 is 0. The Labute approximate surface area is 58.2 Å². The van der Waals surface area contributed by atoms with E-state index >= 15 is 0 Å². The average molecular weight is 147 g/mol. The van der Waals surface area contributed by atoms with Gasteiger partial charge in [-0.1, -0.05) is 12.2 Å². The Hall–Kier alpha value is -0.350. The van der Waals surface area contributed by atoms with Crippen LogP contribution in [-0.4, -0.2) is 10.1 Å². The molecule has 0 aromatic carbocycles. The Morgan fingerprint density at radius 1 is 1.62 bits per heavy atom. The fourth-order valence-electron chi connectivity index (χ4n) is 0.153. The molecule has 0 heterocycles. The van der Waals surface area contributed by atoms with Crippen molar-refractivity contribution in [1.29, 1.82) is 0 Å². The van der Waals surface area contributed by atoms with E-state index in [1.54, 1.807) is 0 Å². The SMILES string of the molecule is NC(=S)C=CC(=O)S. The molecule has 2 nitrogen and oxygen atoms in total. The van der Waals surface area contributed by atoms with Crippen LogP contribution in [0.15, 0.2) is 12.2 Å². The van der Waals surface area contributed by atoms with Crippen LogP contribution in [0.5, 0.6) is 0 Å². The second-order valence-electron chi connectivity index (χ2n) is 1.07. The van der Waals surface area contributed by atoms with Gasteiger partial charge in [-0.25, -0.2) is 0 Å². The third kappa shape index (κ3) is 5.65. The minimum absolute atomic E-state index is 0.187. The van der Waals surface area contributed by atoms with Crippen LogP contribution in [0.3, 0.4) is 0 Å². The number of carbonyl (C=O) groups is 1. The van der Waals surface area contributed by atoms with Crippen molar-refractivity contribution in [2.24, 2.45) is 5.73 Å².